The maximum Gasteiger partial charge on any atom is 0.259 e. The molecule has 0 saturated carbocycles. The van der Waals surface area contributed by atoms with E-state index in [2.05, 4.69) is 25.3 Å². The number of nitrogens with zero attached hydrogens (tertiary/aromatic N) is 3. The summed E-state index contributed by atoms with van der Waals surface area (Å²) in [6.07, 6.45) is 4.84. The minimum Gasteiger partial charge on any atom is -0.368 e. The Morgan fingerprint density at radius 1 is 1.12 bits per heavy atom. The van der Waals surface area contributed by atoms with Gasteiger partial charge in [0.05, 0.1) is 11.1 Å². The number of hydrogen-bond donors (Lipinski definition) is 3. The SMILES string of the molecule is Cc1cccc(Nc2nc(-c3cnc(N)nc3)cc3cc[nH]c(=O)c23)c1. The summed E-state index contributed by atoms with van der Waals surface area (Å²) in [5.41, 5.74) is 8.69. The molecule has 0 fully saturated rings. The van der Waals surface area contributed by atoms with E-state index in [0.29, 0.717) is 22.5 Å². The van der Waals surface area contributed by atoms with E-state index in [1.165, 1.54) is 0 Å². The van der Waals surface area contributed by atoms with Gasteiger partial charge in [-0.3, -0.25) is 4.79 Å². The second kappa shape index (κ2) is 6.29. The van der Waals surface area contributed by atoms with Crippen molar-refractivity contribution in [2.45, 2.75) is 6.92 Å². The number of H-pyrrole nitrogens is 1. The molecular formula is C19H16N6O. The molecule has 0 saturated heterocycles. The molecule has 4 aromatic rings. The number of rotatable bonds is 3. The van der Waals surface area contributed by atoms with Crippen LogP contribution in [0.2, 0.25) is 0 Å². The minimum absolute atomic E-state index is 0.198. The predicted molar refractivity (Wildman–Crippen MR) is 102 cm³/mol. The summed E-state index contributed by atoms with van der Waals surface area (Å²) in [6, 6.07) is 11.5. The van der Waals surface area contributed by atoms with Gasteiger partial charge in [-0.15, -0.1) is 0 Å². The van der Waals surface area contributed by atoms with Crippen molar-refractivity contribution in [3.63, 3.8) is 0 Å². The van der Waals surface area contributed by atoms with E-state index < -0.39 is 0 Å². The molecule has 0 bridgehead atoms. The first-order valence-corrected chi connectivity index (χ1v) is 8.04. The quantitative estimate of drug-likeness (QED) is 0.527. The molecule has 3 heterocycles. The first-order valence-electron chi connectivity index (χ1n) is 8.04. The first kappa shape index (κ1) is 15.8. The highest BCUT2D eigenvalue weighted by atomic mass is 16.1. The van der Waals surface area contributed by atoms with E-state index in [4.69, 9.17) is 5.73 Å². The molecule has 128 valence electrons. The molecule has 0 aliphatic rings. The Morgan fingerprint density at radius 2 is 1.92 bits per heavy atom. The average Bonchev–Trinajstić information content (AvgIpc) is 2.62. The zero-order valence-electron chi connectivity index (χ0n) is 14.0. The fourth-order valence-electron chi connectivity index (χ4n) is 2.78. The number of fused-ring (bicyclic) bond motifs is 1. The lowest BCUT2D eigenvalue weighted by molar-refractivity contribution is 1.17. The van der Waals surface area contributed by atoms with E-state index in [1.807, 2.05) is 43.3 Å². The number of hydrogen-bond acceptors (Lipinski definition) is 6. The lowest BCUT2D eigenvalue weighted by Gasteiger charge is -2.11. The van der Waals surface area contributed by atoms with Crippen LogP contribution in [0.3, 0.4) is 0 Å². The normalized spacial score (nSPS) is 10.8. The van der Waals surface area contributed by atoms with Gasteiger partial charge in [0, 0.05) is 29.8 Å². The zero-order chi connectivity index (χ0) is 18.1. The largest absolute Gasteiger partial charge is 0.368 e. The van der Waals surface area contributed by atoms with Crippen molar-refractivity contribution in [3.8, 4) is 11.3 Å². The fraction of sp³-hybridized carbons (Fsp3) is 0.0526. The third kappa shape index (κ3) is 2.98. The molecule has 1 aromatic carbocycles. The highest BCUT2D eigenvalue weighted by Crippen LogP contribution is 2.27. The Hall–Kier alpha value is -3.74. The van der Waals surface area contributed by atoms with Crippen molar-refractivity contribution in [1.29, 1.82) is 0 Å². The number of benzene rings is 1. The molecule has 0 aliphatic heterocycles. The third-order valence-corrected chi connectivity index (χ3v) is 4.00. The van der Waals surface area contributed by atoms with Gasteiger partial charge < -0.3 is 16.0 Å². The maximum absolute atomic E-state index is 12.4. The van der Waals surface area contributed by atoms with Crippen LogP contribution in [0.1, 0.15) is 5.56 Å². The Labute approximate surface area is 149 Å². The van der Waals surface area contributed by atoms with Gasteiger partial charge in [0.1, 0.15) is 5.82 Å². The number of anilines is 3. The number of aromatic nitrogens is 4. The second-order valence-electron chi connectivity index (χ2n) is 5.95. The Balaban J connectivity index is 1.91. The highest BCUT2D eigenvalue weighted by molar-refractivity contribution is 5.95. The number of nitrogen functional groups attached to an aromatic ring is 1. The van der Waals surface area contributed by atoms with E-state index in [9.17, 15) is 4.79 Å². The predicted octanol–water partition coefficient (Wildman–Crippen LogP) is 3.01. The molecule has 0 atom stereocenters. The highest BCUT2D eigenvalue weighted by Gasteiger charge is 2.12. The van der Waals surface area contributed by atoms with Crippen LogP contribution in [0, 0.1) is 6.92 Å². The van der Waals surface area contributed by atoms with E-state index >= 15 is 0 Å². The molecule has 0 unspecified atom stereocenters. The molecule has 26 heavy (non-hydrogen) atoms. The maximum atomic E-state index is 12.4. The van der Waals surface area contributed by atoms with Crippen LogP contribution in [0.5, 0.6) is 0 Å². The smallest absolute Gasteiger partial charge is 0.259 e. The standard InChI is InChI=1S/C19H16N6O/c1-11-3-2-4-14(7-11)24-17-16-12(5-6-21-18(16)26)8-15(25-17)13-9-22-19(20)23-10-13/h2-10H,1H3,(H,21,26)(H,24,25)(H2,20,22,23). The summed E-state index contributed by atoms with van der Waals surface area (Å²) in [7, 11) is 0. The van der Waals surface area contributed by atoms with Crippen molar-refractivity contribution in [3.05, 3.63) is 70.9 Å². The van der Waals surface area contributed by atoms with Crippen LogP contribution in [-0.4, -0.2) is 19.9 Å². The number of pyridine rings is 2. The summed E-state index contributed by atoms with van der Waals surface area (Å²) >= 11 is 0. The average molecular weight is 344 g/mol. The van der Waals surface area contributed by atoms with Crippen LogP contribution in [-0.2, 0) is 0 Å². The molecular weight excluding hydrogens is 328 g/mol. The summed E-state index contributed by atoms with van der Waals surface area (Å²) in [5.74, 6) is 0.672. The molecule has 0 aliphatic carbocycles. The summed E-state index contributed by atoms with van der Waals surface area (Å²) in [4.78, 5) is 27.7. The van der Waals surface area contributed by atoms with E-state index in [1.54, 1.807) is 18.6 Å². The van der Waals surface area contributed by atoms with Crippen molar-refractivity contribution >= 4 is 28.2 Å². The topological polar surface area (TPSA) is 110 Å². The van der Waals surface area contributed by atoms with Crippen LogP contribution in [0.15, 0.2) is 59.8 Å². The van der Waals surface area contributed by atoms with Gasteiger partial charge in [0.15, 0.2) is 0 Å². The van der Waals surface area contributed by atoms with Crippen LogP contribution in [0.25, 0.3) is 22.0 Å². The molecule has 3 aromatic heterocycles. The summed E-state index contributed by atoms with van der Waals surface area (Å²) in [6.45, 7) is 2.01. The fourth-order valence-corrected chi connectivity index (χ4v) is 2.78. The number of nitrogens with one attached hydrogen (secondary N) is 2. The van der Waals surface area contributed by atoms with Crippen molar-refractivity contribution in [1.82, 2.24) is 19.9 Å². The second-order valence-corrected chi connectivity index (χ2v) is 5.95. The molecule has 7 nitrogen and oxygen atoms in total. The molecule has 0 amide bonds. The number of nitrogens with two attached hydrogens (primary N) is 1. The van der Waals surface area contributed by atoms with Gasteiger partial charge in [0.2, 0.25) is 5.95 Å². The minimum atomic E-state index is -0.203. The number of aromatic amines is 1. The third-order valence-electron chi connectivity index (χ3n) is 4.00. The molecule has 4 N–H and O–H groups in total. The van der Waals surface area contributed by atoms with Gasteiger partial charge in [-0.05, 0) is 42.1 Å². The van der Waals surface area contributed by atoms with Crippen molar-refractivity contribution in [2.75, 3.05) is 11.1 Å². The number of aryl methyl sites for hydroxylation is 1. The Kier molecular flexibility index (Phi) is 3.81. The monoisotopic (exact) mass is 344 g/mol. The Bertz CT molecular complexity index is 1150. The van der Waals surface area contributed by atoms with Crippen LogP contribution >= 0.6 is 0 Å². The Morgan fingerprint density at radius 3 is 2.69 bits per heavy atom. The van der Waals surface area contributed by atoms with Crippen molar-refractivity contribution < 1.29 is 0 Å². The van der Waals surface area contributed by atoms with Gasteiger partial charge in [-0.25, -0.2) is 15.0 Å². The van der Waals surface area contributed by atoms with E-state index in [0.717, 1.165) is 16.6 Å². The van der Waals surface area contributed by atoms with Gasteiger partial charge >= 0.3 is 0 Å². The summed E-state index contributed by atoms with van der Waals surface area (Å²) in [5, 5.41) is 4.52. The van der Waals surface area contributed by atoms with Crippen LogP contribution in [0.4, 0.5) is 17.5 Å². The van der Waals surface area contributed by atoms with Crippen LogP contribution < -0.4 is 16.6 Å². The lowest BCUT2D eigenvalue weighted by Crippen LogP contribution is -2.09. The molecule has 0 radical (unpaired) electrons. The summed E-state index contributed by atoms with van der Waals surface area (Å²) < 4.78 is 0. The first-order chi connectivity index (χ1) is 12.6. The zero-order valence-corrected chi connectivity index (χ0v) is 14.0. The molecule has 4 rings (SSSR count). The van der Waals surface area contributed by atoms with Gasteiger partial charge in [-0.1, -0.05) is 12.1 Å². The lowest BCUT2D eigenvalue weighted by atomic mass is 10.1. The van der Waals surface area contributed by atoms with Gasteiger partial charge in [-0.2, -0.15) is 0 Å². The molecule has 7 heteroatoms. The van der Waals surface area contributed by atoms with Crippen molar-refractivity contribution in [2.24, 2.45) is 0 Å². The van der Waals surface area contributed by atoms with Gasteiger partial charge in [0.25, 0.3) is 5.56 Å². The van der Waals surface area contributed by atoms with E-state index in [-0.39, 0.29) is 11.5 Å². The molecule has 0 spiro atoms.